The molecule has 8 nitrogen and oxygen atoms in total. The van der Waals surface area contributed by atoms with Gasteiger partial charge in [0.25, 0.3) is 0 Å². The second kappa shape index (κ2) is 13.6. The maximum Gasteiger partial charge on any atom is 0.303 e. The molecule has 0 radical (unpaired) electrons. The first kappa shape index (κ1) is 30.7. The van der Waals surface area contributed by atoms with Gasteiger partial charge in [-0.05, 0) is 91.2 Å². The van der Waals surface area contributed by atoms with E-state index in [1.165, 1.54) is 65.7 Å². The number of carbonyl (C=O) groups excluding carboxylic acids is 2. The number of ether oxygens (including phenoxy) is 3. The molecule has 2 fully saturated rings. The number of esters is 1. The lowest BCUT2D eigenvalue weighted by Crippen LogP contribution is -2.35. The largest absolute Gasteiger partial charge is 0.504 e. The summed E-state index contributed by atoms with van der Waals surface area (Å²) in [7, 11) is 2.95. The van der Waals surface area contributed by atoms with E-state index in [4.69, 9.17) is 14.2 Å². The Balaban J connectivity index is 1.50. The van der Waals surface area contributed by atoms with Crippen molar-refractivity contribution in [2.75, 3.05) is 14.2 Å². The third-order valence-electron chi connectivity index (χ3n) is 9.27. The van der Waals surface area contributed by atoms with Gasteiger partial charge in [0.05, 0.1) is 20.3 Å². The number of aromatic hydroxyl groups is 2. The molecule has 0 saturated heterocycles. The number of hydrogen-bond donors (Lipinski definition) is 3. The summed E-state index contributed by atoms with van der Waals surface area (Å²) in [4.78, 5) is 25.5. The lowest BCUT2D eigenvalue weighted by molar-refractivity contribution is -0.154. The van der Waals surface area contributed by atoms with Crippen molar-refractivity contribution in [3.63, 3.8) is 0 Å². The lowest BCUT2D eigenvalue weighted by Gasteiger charge is -2.40. The number of benzene rings is 2. The van der Waals surface area contributed by atoms with Crippen LogP contribution in [-0.2, 0) is 20.7 Å². The van der Waals surface area contributed by atoms with Crippen molar-refractivity contribution in [2.45, 2.75) is 95.7 Å². The Hall–Kier alpha value is -3.26. The van der Waals surface area contributed by atoms with Crippen molar-refractivity contribution >= 4 is 11.8 Å². The van der Waals surface area contributed by atoms with E-state index in [1.54, 1.807) is 18.2 Å². The van der Waals surface area contributed by atoms with Gasteiger partial charge >= 0.3 is 5.97 Å². The molecule has 3 atom stereocenters. The molecule has 0 unspecified atom stereocenters. The Kier molecular flexibility index (Phi) is 10.2. The molecule has 2 saturated carbocycles. The van der Waals surface area contributed by atoms with E-state index >= 15 is 0 Å². The predicted molar refractivity (Wildman–Crippen MR) is 154 cm³/mol. The molecule has 1 spiro atoms. The first-order chi connectivity index (χ1) is 19.6. The van der Waals surface area contributed by atoms with E-state index in [1.807, 2.05) is 12.1 Å². The van der Waals surface area contributed by atoms with E-state index in [0.29, 0.717) is 22.6 Å². The maximum absolute atomic E-state index is 13.6. The standard InChI is InChI=1S/C33H44O8/c1-21(34)41-32(29(38)16-22-6-8-27(36)30(17-22)39-2)20-25(35)19-26(24-7-9-28(37)31(18-24)40-3)23-10-14-33(15-11-23)12-4-5-13-33/h6-9,17-18,23,26,29,32,36-38H,4-5,10-16,19-20H2,1-3H3/t26-,29+,32+/m1/s1. The summed E-state index contributed by atoms with van der Waals surface area (Å²) < 4.78 is 16.0. The van der Waals surface area contributed by atoms with Crippen LogP contribution in [0.15, 0.2) is 36.4 Å². The van der Waals surface area contributed by atoms with E-state index in [0.717, 1.165) is 18.4 Å². The number of aliphatic hydroxyl groups is 1. The summed E-state index contributed by atoms with van der Waals surface area (Å²) in [6.07, 6.45) is 7.73. The molecule has 0 heterocycles. The number of phenols is 2. The molecular weight excluding hydrogens is 524 g/mol. The normalized spacial score (nSPS) is 18.9. The fraction of sp³-hybridized carbons (Fsp3) is 0.576. The summed E-state index contributed by atoms with van der Waals surface area (Å²) in [5, 5.41) is 31.1. The third kappa shape index (κ3) is 7.73. The van der Waals surface area contributed by atoms with Gasteiger partial charge in [0.15, 0.2) is 23.0 Å². The molecule has 224 valence electrons. The zero-order valence-corrected chi connectivity index (χ0v) is 24.4. The van der Waals surface area contributed by atoms with Crippen LogP contribution in [0.1, 0.15) is 88.2 Å². The van der Waals surface area contributed by atoms with Crippen molar-refractivity contribution in [2.24, 2.45) is 11.3 Å². The molecular formula is C33H44O8. The second-order valence-electron chi connectivity index (χ2n) is 12.0. The van der Waals surface area contributed by atoms with Crippen LogP contribution in [0.4, 0.5) is 0 Å². The maximum atomic E-state index is 13.6. The van der Waals surface area contributed by atoms with E-state index in [2.05, 4.69) is 0 Å². The van der Waals surface area contributed by atoms with Crippen LogP contribution < -0.4 is 9.47 Å². The Morgan fingerprint density at radius 1 is 0.902 bits per heavy atom. The fourth-order valence-electron chi connectivity index (χ4n) is 7.01. The van der Waals surface area contributed by atoms with E-state index in [9.17, 15) is 24.9 Å². The van der Waals surface area contributed by atoms with Crippen LogP contribution in [0.25, 0.3) is 0 Å². The van der Waals surface area contributed by atoms with Crippen molar-refractivity contribution in [3.8, 4) is 23.0 Å². The average molecular weight is 569 g/mol. The van der Waals surface area contributed by atoms with Gasteiger partial charge in [-0.25, -0.2) is 0 Å². The predicted octanol–water partition coefficient (Wildman–Crippen LogP) is 5.83. The Morgan fingerprint density at radius 2 is 1.51 bits per heavy atom. The number of carbonyl (C=O) groups is 2. The second-order valence-corrected chi connectivity index (χ2v) is 12.0. The van der Waals surface area contributed by atoms with Gasteiger partial charge in [-0.2, -0.15) is 0 Å². The zero-order valence-electron chi connectivity index (χ0n) is 24.4. The lowest BCUT2D eigenvalue weighted by atomic mass is 9.65. The molecule has 0 bridgehead atoms. The topological polar surface area (TPSA) is 123 Å². The number of phenolic OH excluding ortho intramolecular Hbond substituents is 2. The monoisotopic (exact) mass is 568 g/mol. The highest BCUT2D eigenvalue weighted by atomic mass is 16.6. The van der Waals surface area contributed by atoms with Crippen molar-refractivity contribution in [1.82, 2.24) is 0 Å². The van der Waals surface area contributed by atoms with Crippen molar-refractivity contribution < 1.29 is 39.1 Å². The van der Waals surface area contributed by atoms with Crippen molar-refractivity contribution in [3.05, 3.63) is 47.5 Å². The molecule has 3 N–H and O–H groups in total. The highest BCUT2D eigenvalue weighted by Gasteiger charge is 2.40. The van der Waals surface area contributed by atoms with Crippen LogP contribution in [0.3, 0.4) is 0 Å². The number of Topliss-reactive ketones (excluding diaryl/α,β-unsaturated/α-hetero) is 1. The molecule has 0 aromatic heterocycles. The quantitative estimate of drug-likeness (QED) is 0.273. The highest BCUT2D eigenvalue weighted by molar-refractivity contribution is 5.80. The smallest absolute Gasteiger partial charge is 0.303 e. The minimum atomic E-state index is -1.12. The molecule has 4 rings (SSSR count). The van der Waals surface area contributed by atoms with Crippen molar-refractivity contribution in [1.29, 1.82) is 0 Å². The minimum Gasteiger partial charge on any atom is -0.504 e. The van der Waals surface area contributed by atoms with Gasteiger partial charge in [0.2, 0.25) is 0 Å². The number of ketones is 1. The van der Waals surface area contributed by atoms with Crippen LogP contribution in [0.2, 0.25) is 0 Å². The summed E-state index contributed by atoms with van der Waals surface area (Å²) in [6, 6.07) is 10.0. The molecule has 0 aliphatic heterocycles. The molecule has 8 heteroatoms. The molecule has 2 aliphatic carbocycles. The van der Waals surface area contributed by atoms with Crippen LogP contribution in [-0.4, -0.2) is 53.5 Å². The summed E-state index contributed by atoms with van der Waals surface area (Å²) >= 11 is 0. The number of rotatable bonds is 12. The van der Waals surface area contributed by atoms with Gasteiger partial charge in [-0.1, -0.05) is 25.0 Å². The molecule has 2 aromatic carbocycles. The van der Waals surface area contributed by atoms with Gasteiger partial charge in [-0.15, -0.1) is 0 Å². The number of methoxy groups -OCH3 is 2. The third-order valence-corrected chi connectivity index (χ3v) is 9.27. The van der Waals surface area contributed by atoms with Gasteiger partial charge in [-0.3, -0.25) is 9.59 Å². The average Bonchev–Trinajstić information content (AvgIpc) is 3.40. The first-order valence-corrected chi connectivity index (χ1v) is 14.7. The van der Waals surface area contributed by atoms with Crippen LogP contribution >= 0.6 is 0 Å². The summed E-state index contributed by atoms with van der Waals surface area (Å²) in [5.41, 5.74) is 2.08. The summed E-state index contributed by atoms with van der Waals surface area (Å²) in [6.45, 7) is 1.26. The Morgan fingerprint density at radius 3 is 2.12 bits per heavy atom. The van der Waals surface area contributed by atoms with Gasteiger partial charge in [0.1, 0.15) is 11.9 Å². The number of hydrogen-bond acceptors (Lipinski definition) is 8. The summed E-state index contributed by atoms with van der Waals surface area (Å²) in [5.74, 6) is 0.244. The number of aliphatic hydroxyl groups excluding tert-OH is 1. The Labute approximate surface area is 242 Å². The first-order valence-electron chi connectivity index (χ1n) is 14.7. The molecule has 2 aromatic rings. The van der Waals surface area contributed by atoms with Gasteiger partial charge in [0, 0.05) is 26.2 Å². The minimum absolute atomic E-state index is 0.0177. The SMILES string of the molecule is COc1cc(C[C@H](O)[C@H](CC(=O)C[C@@H](c2ccc(O)c(OC)c2)C2CCC3(CCCC3)CC2)OC(C)=O)ccc1O. The van der Waals surface area contributed by atoms with Crippen LogP contribution in [0.5, 0.6) is 23.0 Å². The molecule has 0 amide bonds. The zero-order chi connectivity index (χ0) is 29.6. The van der Waals surface area contributed by atoms with Crippen LogP contribution in [0, 0.1) is 11.3 Å². The highest BCUT2D eigenvalue weighted by Crippen LogP contribution is 2.53. The molecule has 41 heavy (non-hydrogen) atoms. The fourth-order valence-corrected chi connectivity index (χ4v) is 7.01. The molecule has 2 aliphatic rings. The van der Waals surface area contributed by atoms with Gasteiger partial charge < -0.3 is 29.5 Å². The van der Waals surface area contributed by atoms with E-state index < -0.39 is 18.2 Å². The van der Waals surface area contributed by atoms with E-state index in [-0.39, 0.29) is 48.2 Å². The Bertz CT molecular complexity index is 1190.